The molecule has 0 aromatic carbocycles. The van der Waals surface area contributed by atoms with Gasteiger partial charge in [0, 0.05) is 12.8 Å². The van der Waals surface area contributed by atoms with Gasteiger partial charge >= 0.3 is 11.9 Å². The topological polar surface area (TPSA) is 111 Å². The van der Waals surface area contributed by atoms with E-state index in [0.29, 0.717) is 17.4 Å². The lowest BCUT2D eigenvalue weighted by Crippen LogP contribution is -2.44. The van der Waals surface area contributed by atoms with E-state index in [4.69, 9.17) is 18.9 Å². The van der Waals surface area contributed by atoms with Crippen LogP contribution >= 0.6 is 0 Å². The van der Waals surface area contributed by atoms with E-state index in [1.807, 2.05) is 21.1 Å². The highest BCUT2D eigenvalue weighted by atomic mass is 16.7. The summed E-state index contributed by atoms with van der Waals surface area (Å²) in [5, 5.41) is 11.7. The highest BCUT2D eigenvalue weighted by Crippen LogP contribution is 2.17. The van der Waals surface area contributed by atoms with E-state index >= 15 is 0 Å². The summed E-state index contributed by atoms with van der Waals surface area (Å²) in [6.45, 7) is 4.65. The van der Waals surface area contributed by atoms with Crippen LogP contribution in [0.25, 0.3) is 0 Å². The number of aliphatic carboxylic acids is 1. The van der Waals surface area contributed by atoms with Gasteiger partial charge in [-0.3, -0.25) is 9.59 Å². The van der Waals surface area contributed by atoms with Crippen LogP contribution in [0.4, 0.5) is 0 Å². The standard InChI is InChI=1S/C66H119NO8/c1-6-8-10-12-14-16-18-19-20-21-22-23-24-25-26-27-28-29-30-31-32-33-34-35-36-37-38-39-40-41-42-43-44-45-47-49-51-53-55-57-64(69)75-62(61-74-66(65(70)71)72-59-58-67(3,4)5)60-73-63(68)56-54-52-50-48-46-17-15-13-11-9-7-2/h8,10,14,16,19-20,22-23,25-26,62,66H,6-7,9,11-13,15,17-18,21,24,27-61H2,1-5H3/b10-8-,16-14-,20-19-,23-22-,26-25-. The van der Waals surface area contributed by atoms with Crippen LogP contribution in [0.2, 0.25) is 0 Å². The molecule has 0 aromatic heterocycles. The monoisotopic (exact) mass is 1050 g/mol. The van der Waals surface area contributed by atoms with Gasteiger partial charge in [-0.15, -0.1) is 0 Å². The van der Waals surface area contributed by atoms with Gasteiger partial charge in [0.25, 0.3) is 0 Å². The number of allylic oxidation sites excluding steroid dienone is 10. The predicted octanol–water partition coefficient (Wildman–Crippen LogP) is 17.5. The molecule has 0 aliphatic carbocycles. The summed E-state index contributed by atoms with van der Waals surface area (Å²) in [7, 11) is 5.93. The van der Waals surface area contributed by atoms with Crippen molar-refractivity contribution in [1.82, 2.24) is 0 Å². The zero-order valence-electron chi connectivity index (χ0n) is 49.7. The summed E-state index contributed by atoms with van der Waals surface area (Å²) >= 11 is 0. The first kappa shape index (κ1) is 72.0. The quantitative estimate of drug-likeness (QED) is 0.0195. The molecule has 9 nitrogen and oxygen atoms in total. The van der Waals surface area contributed by atoms with Gasteiger partial charge in [-0.1, -0.05) is 274 Å². The molecule has 0 saturated carbocycles. The van der Waals surface area contributed by atoms with Crippen molar-refractivity contribution >= 4 is 17.9 Å². The largest absolute Gasteiger partial charge is 0.545 e. The molecule has 0 aliphatic rings. The number of hydrogen-bond donors (Lipinski definition) is 0. The average molecular weight is 1050 g/mol. The minimum atomic E-state index is -1.62. The Morgan fingerprint density at radius 2 is 0.760 bits per heavy atom. The molecule has 9 heteroatoms. The zero-order chi connectivity index (χ0) is 54.8. The van der Waals surface area contributed by atoms with Crippen LogP contribution in [0.1, 0.15) is 284 Å². The van der Waals surface area contributed by atoms with Gasteiger partial charge in [0.2, 0.25) is 0 Å². The Morgan fingerprint density at radius 3 is 1.13 bits per heavy atom. The molecule has 0 fully saturated rings. The second-order valence-corrected chi connectivity index (χ2v) is 22.3. The number of rotatable bonds is 58. The van der Waals surface area contributed by atoms with E-state index in [1.54, 1.807) is 0 Å². The number of carboxylic acids is 1. The molecular formula is C66H119NO8. The van der Waals surface area contributed by atoms with Crippen molar-refractivity contribution in [2.75, 3.05) is 47.5 Å². The Bertz CT molecular complexity index is 1410. The normalized spacial score (nSPS) is 13.1. The molecule has 2 unspecified atom stereocenters. The predicted molar refractivity (Wildman–Crippen MR) is 315 cm³/mol. The maximum atomic E-state index is 12.8. The molecule has 0 aromatic rings. The van der Waals surface area contributed by atoms with Crippen LogP contribution in [-0.4, -0.2) is 82.3 Å². The summed E-state index contributed by atoms with van der Waals surface area (Å²) in [6.07, 6.45) is 70.3. The molecule has 0 bridgehead atoms. The zero-order valence-corrected chi connectivity index (χ0v) is 49.7. The van der Waals surface area contributed by atoms with E-state index in [2.05, 4.69) is 74.6 Å². The second kappa shape index (κ2) is 57.2. The molecule has 436 valence electrons. The first-order valence-electron chi connectivity index (χ1n) is 31.4. The molecule has 0 heterocycles. The lowest BCUT2D eigenvalue weighted by atomic mass is 10.0. The van der Waals surface area contributed by atoms with Gasteiger partial charge in [0.05, 0.1) is 40.3 Å². The fraction of sp³-hybridized carbons (Fsp3) is 0.803. The maximum absolute atomic E-state index is 12.8. The van der Waals surface area contributed by atoms with E-state index in [9.17, 15) is 19.5 Å². The SMILES string of the molecule is CC/C=C\C/C=C\C/C=C\C/C=C\C/C=C\CCCCCCCCCCCCCCCCCCCCCCCCCC(=O)OC(COC(=O)CCCCCCCCCCCCC)COC(OCC[N+](C)(C)C)C(=O)[O-]. The third-order valence-corrected chi connectivity index (χ3v) is 13.8. The van der Waals surface area contributed by atoms with Crippen LogP contribution in [0.15, 0.2) is 60.8 Å². The van der Waals surface area contributed by atoms with Crippen molar-refractivity contribution in [3.63, 3.8) is 0 Å². The molecule has 0 spiro atoms. The van der Waals surface area contributed by atoms with Crippen LogP contribution < -0.4 is 5.11 Å². The van der Waals surface area contributed by atoms with E-state index in [1.165, 1.54) is 186 Å². The third-order valence-electron chi connectivity index (χ3n) is 13.8. The number of carboxylic acid groups (broad SMARTS) is 1. The summed E-state index contributed by atoms with van der Waals surface area (Å²) in [6, 6.07) is 0. The Labute approximate surface area is 463 Å². The molecule has 75 heavy (non-hydrogen) atoms. The van der Waals surface area contributed by atoms with Gasteiger partial charge in [0.1, 0.15) is 13.2 Å². The van der Waals surface area contributed by atoms with Crippen LogP contribution in [0, 0.1) is 0 Å². The number of carbonyl (C=O) groups is 3. The highest BCUT2D eigenvalue weighted by molar-refractivity contribution is 5.70. The highest BCUT2D eigenvalue weighted by Gasteiger charge is 2.22. The van der Waals surface area contributed by atoms with Gasteiger partial charge in [-0.2, -0.15) is 0 Å². The molecule has 2 atom stereocenters. The number of likely N-dealkylation sites (N-methyl/N-ethyl adjacent to an activating group) is 1. The minimum Gasteiger partial charge on any atom is -0.545 e. The van der Waals surface area contributed by atoms with E-state index < -0.39 is 24.3 Å². The number of unbranched alkanes of at least 4 members (excludes halogenated alkanes) is 33. The van der Waals surface area contributed by atoms with E-state index in [-0.39, 0.29) is 32.2 Å². The molecule has 0 aliphatic heterocycles. The fourth-order valence-electron chi connectivity index (χ4n) is 8.98. The second-order valence-electron chi connectivity index (χ2n) is 22.3. The summed E-state index contributed by atoms with van der Waals surface area (Å²) in [4.78, 5) is 37.2. The van der Waals surface area contributed by atoms with Crippen LogP contribution in [0.5, 0.6) is 0 Å². The molecule has 0 saturated heterocycles. The summed E-state index contributed by atoms with van der Waals surface area (Å²) in [5.41, 5.74) is 0. The lowest BCUT2D eigenvalue weighted by Gasteiger charge is -2.26. The van der Waals surface area contributed by atoms with E-state index in [0.717, 1.165) is 70.6 Å². The van der Waals surface area contributed by atoms with Crippen molar-refractivity contribution in [3.8, 4) is 0 Å². The Morgan fingerprint density at radius 1 is 0.413 bits per heavy atom. The first-order chi connectivity index (χ1) is 36.6. The van der Waals surface area contributed by atoms with Crippen LogP contribution in [-0.2, 0) is 33.3 Å². The van der Waals surface area contributed by atoms with Crippen LogP contribution in [0.3, 0.4) is 0 Å². The van der Waals surface area contributed by atoms with Gasteiger partial charge in [-0.25, -0.2) is 0 Å². The Kier molecular flexibility index (Phi) is 54.9. The Hall–Kier alpha value is -3.01. The first-order valence-corrected chi connectivity index (χ1v) is 31.4. The number of ether oxygens (including phenoxy) is 4. The average Bonchev–Trinajstić information content (AvgIpc) is 3.38. The van der Waals surface area contributed by atoms with Crippen molar-refractivity contribution < 1.29 is 42.9 Å². The number of nitrogens with zero attached hydrogens (tertiary/aromatic N) is 1. The molecule has 0 N–H and O–H groups in total. The maximum Gasteiger partial charge on any atom is 0.306 e. The Balaban J connectivity index is 3.92. The number of quaternary nitrogens is 1. The summed E-state index contributed by atoms with van der Waals surface area (Å²) in [5.74, 6) is -2.27. The van der Waals surface area contributed by atoms with Crippen molar-refractivity contribution in [1.29, 1.82) is 0 Å². The van der Waals surface area contributed by atoms with Crippen molar-refractivity contribution in [2.45, 2.75) is 296 Å². The summed E-state index contributed by atoms with van der Waals surface area (Å²) < 4.78 is 22.7. The van der Waals surface area contributed by atoms with Crippen molar-refractivity contribution in [2.24, 2.45) is 0 Å². The lowest BCUT2D eigenvalue weighted by molar-refractivity contribution is -0.870. The van der Waals surface area contributed by atoms with Gasteiger partial charge in [-0.05, 0) is 57.8 Å². The smallest absolute Gasteiger partial charge is 0.306 e. The minimum absolute atomic E-state index is 0.150. The molecular weight excluding hydrogens is 935 g/mol. The third kappa shape index (κ3) is 58.5. The van der Waals surface area contributed by atoms with Crippen molar-refractivity contribution in [3.05, 3.63) is 60.8 Å². The number of carbonyl (C=O) groups excluding carboxylic acids is 3. The van der Waals surface area contributed by atoms with Gasteiger partial charge in [0.15, 0.2) is 12.4 Å². The van der Waals surface area contributed by atoms with Gasteiger partial charge < -0.3 is 33.3 Å². The number of esters is 2. The number of hydrogen-bond acceptors (Lipinski definition) is 8. The molecule has 0 radical (unpaired) electrons. The fourth-order valence-corrected chi connectivity index (χ4v) is 8.98. The molecule has 0 amide bonds. The molecule has 0 rings (SSSR count).